The van der Waals surface area contributed by atoms with E-state index in [9.17, 15) is 9.59 Å². The molecular formula is C14H16O4S2. The largest absolute Gasteiger partial charge is 0.462 e. The first-order valence-corrected chi connectivity index (χ1v) is 7.98. The number of ether oxygens (including phenoxy) is 2. The molecule has 2 aromatic rings. The normalized spacial score (nSPS) is 11.6. The summed E-state index contributed by atoms with van der Waals surface area (Å²) in [5.74, 6) is -0.811. The van der Waals surface area contributed by atoms with Gasteiger partial charge in [0, 0.05) is 16.1 Å². The minimum Gasteiger partial charge on any atom is -0.462 e. The van der Waals surface area contributed by atoms with Crippen LogP contribution in [0.1, 0.15) is 48.4 Å². The van der Waals surface area contributed by atoms with E-state index in [1.807, 2.05) is 20.8 Å². The van der Waals surface area contributed by atoms with Crippen LogP contribution in [-0.4, -0.2) is 24.1 Å². The quantitative estimate of drug-likeness (QED) is 0.801. The van der Waals surface area contributed by atoms with Crippen molar-refractivity contribution in [1.82, 2.24) is 0 Å². The van der Waals surface area contributed by atoms with Gasteiger partial charge >= 0.3 is 11.9 Å². The fraction of sp³-hybridized carbons (Fsp3) is 0.429. The Bertz CT molecular complexity index is 646. The van der Waals surface area contributed by atoms with Gasteiger partial charge in [-0.1, -0.05) is 0 Å². The summed E-state index contributed by atoms with van der Waals surface area (Å²) in [6.45, 7) is 7.50. The monoisotopic (exact) mass is 312 g/mol. The molecule has 20 heavy (non-hydrogen) atoms. The smallest absolute Gasteiger partial charge is 0.340 e. The molecule has 4 nitrogen and oxygen atoms in total. The molecule has 0 aliphatic rings. The van der Waals surface area contributed by atoms with E-state index >= 15 is 0 Å². The van der Waals surface area contributed by atoms with E-state index in [2.05, 4.69) is 0 Å². The number of hydrogen-bond donors (Lipinski definition) is 0. The highest BCUT2D eigenvalue weighted by Gasteiger charge is 2.25. The summed E-state index contributed by atoms with van der Waals surface area (Å²) in [7, 11) is 0. The number of rotatable bonds is 3. The van der Waals surface area contributed by atoms with Crippen LogP contribution in [0.25, 0.3) is 9.40 Å². The Kier molecular flexibility index (Phi) is 4.15. The van der Waals surface area contributed by atoms with Crippen LogP contribution in [0.5, 0.6) is 0 Å². The third kappa shape index (κ3) is 3.02. The molecule has 0 aromatic carbocycles. The van der Waals surface area contributed by atoms with Crippen molar-refractivity contribution in [1.29, 1.82) is 0 Å². The Balaban J connectivity index is 2.42. The van der Waals surface area contributed by atoms with Gasteiger partial charge in [-0.2, -0.15) is 0 Å². The van der Waals surface area contributed by atoms with Crippen LogP contribution in [0.15, 0.2) is 10.8 Å². The summed E-state index contributed by atoms with van der Waals surface area (Å²) in [5, 5.41) is 4.11. The maximum Gasteiger partial charge on any atom is 0.340 e. The van der Waals surface area contributed by atoms with Crippen molar-refractivity contribution in [3.63, 3.8) is 0 Å². The second-order valence-corrected chi connectivity index (χ2v) is 7.20. The van der Waals surface area contributed by atoms with Gasteiger partial charge in [0.1, 0.15) is 5.60 Å². The van der Waals surface area contributed by atoms with Gasteiger partial charge in [0.2, 0.25) is 0 Å². The van der Waals surface area contributed by atoms with Gasteiger partial charge in [-0.3, -0.25) is 0 Å². The molecule has 2 heterocycles. The van der Waals surface area contributed by atoms with E-state index in [4.69, 9.17) is 9.47 Å². The molecule has 0 fully saturated rings. The average molecular weight is 312 g/mol. The molecule has 0 aliphatic heterocycles. The van der Waals surface area contributed by atoms with Gasteiger partial charge in [-0.25, -0.2) is 9.59 Å². The standard InChI is InChI=1S/C14H16O4S2/c1-5-17-11(15)8-6-19-13-10(8)9(7-20-13)12(16)18-14(2,3)4/h6-7H,5H2,1-4H3. The lowest BCUT2D eigenvalue weighted by atomic mass is 10.1. The highest BCUT2D eigenvalue weighted by molar-refractivity contribution is 7.37. The van der Waals surface area contributed by atoms with Crippen LogP contribution in [0, 0.1) is 0 Å². The van der Waals surface area contributed by atoms with Crippen LogP contribution < -0.4 is 0 Å². The van der Waals surface area contributed by atoms with Gasteiger partial charge in [-0.05, 0) is 27.7 Å². The van der Waals surface area contributed by atoms with Crippen molar-refractivity contribution in [2.75, 3.05) is 6.61 Å². The third-order valence-corrected chi connectivity index (χ3v) is 4.55. The van der Waals surface area contributed by atoms with Gasteiger partial charge < -0.3 is 9.47 Å². The second kappa shape index (κ2) is 5.54. The van der Waals surface area contributed by atoms with Crippen LogP contribution >= 0.6 is 22.7 Å². The molecule has 0 radical (unpaired) electrons. The maximum absolute atomic E-state index is 12.2. The molecule has 0 saturated heterocycles. The van der Waals surface area contributed by atoms with Crippen molar-refractivity contribution in [3.8, 4) is 0 Å². The van der Waals surface area contributed by atoms with Crippen molar-refractivity contribution >= 4 is 44.0 Å². The third-order valence-electron chi connectivity index (χ3n) is 2.42. The average Bonchev–Trinajstić information content (AvgIpc) is 2.86. The minimum atomic E-state index is -0.564. The molecule has 0 spiro atoms. The lowest BCUT2D eigenvalue weighted by Gasteiger charge is -2.19. The van der Waals surface area contributed by atoms with Crippen molar-refractivity contribution in [2.24, 2.45) is 0 Å². The molecule has 0 unspecified atom stereocenters. The number of esters is 2. The van der Waals surface area contributed by atoms with E-state index in [0.717, 1.165) is 4.01 Å². The van der Waals surface area contributed by atoms with E-state index in [1.165, 1.54) is 22.7 Å². The summed E-state index contributed by atoms with van der Waals surface area (Å²) in [6.07, 6.45) is 0. The number of carbonyl (C=O) groups excluding carboxylic acids is 2. The first kappa shape index (κ1) is 15.0. The van der Waals surface area contributed by atoms with E-state index in [1.54, 1.807) is 17.7 Å². The molecule has 0 amide bonds. The van der Waals surface area contributed by atoms with Crippen LogP contribution in [0.3, 0.4) is 0 Å². The molecule has 0 N–H and O–H groups in total. The first-order valence-electron chi connectivity index (χ1n) is 6.22. The lowest BCUT2D eigenvalue weighted by molar-refractivity contribution is 0.00723. The zero-order valence-corrected chi connectivity index (χ0v) is 13.4. The van der Waals surface area contributed by atoms with Crippen molar-refractivity contribution in [3.05, 3.63) is 21.9 Å². The van der Waals surface area contributed by atoms with E-state index in [-0.39, 0.29) is 0 Å². The summed E-state index contributed by atoms with van der Waals surface area (Å²) >= 11 is 2.87. The molecule has 2 rings (SSSR count). The Hall–Kier alpha value is -1.40. The zero-order valence-electron chi connectivity index (χ0n) is 11.8. The fourth-order valence-electron chi connectivity index (χ4n) is 1.70. The highest BCUT2D eigenvalue weighted by Crippen LogP contribution is 2.36. The highest BCUT2D eigenvalue weighted by atomic mass is 32.2. The predicted molar refractivity (Wildman–Crippen MR) is 80.8 cm³/mol. The van der Waals surface area contributed by atoms with Crippen LogP contribution in [-0.2, 0) is 9.47 Å². The topological polar surface area (TPSA) is 52.6 Å². The van der Waals surface area contributed by atoms with Gasteiger partial charge in [0.05, 0.1) is 21.7 Å². The molecule has 0 atom stereocenters. The Morgan fingerprint density at radius 1 is 1.10 bits per heavy atom. The first-order chi connectivity index (χ1) is 9.33. The van der Waals surface area contributed by atoms with Gasteiger partial charge in [-0.15, -0.1) is 22.7 Å². The number of hydrogen-bond acceptors (Lipinski definition) is 6. The molecule has 108 valence electrons. The van der Waals surface area contributed by atoms with Crippen LogP contribution in [0.2, 0.25) is 0 Å². The van der Waals surface area contributed by atoms with E-state index < -0.39 is 17.5 Å². The van der Waals surface area contributed by atoms with Gasteiger partial charge in [0.25, 0.3) is 0 Å². The predicted octanol–water partition coefficient (Wildman–Crippen LogP) is 4.09. The molecule has 0 aliphatic carbocycles. The number of fused-ring (bicyclic) bond motifs is 1. The number of thiophene rings is 2. The Morgan fingerprint density at radius 3 is 2.15 bits per heavy atom. The van der Waals surface area contributed by atoms with Crippen molar-refractivity contribution in [2.45, 2.75) is 33.3 Å². The SMILES string of the molecule is CCOC(=O)c1csc2scc(C(=O)OC(C)(C)C)c12. The summed E-state index contributed by atoms with van der Waals surface area (Å²) < 4.78 is 11.3. The maximum atomic E-state index is 12.2. The van der Waals surface area contributed by atoms with Gasteiger partial charge in [0.15, 0.2) is 0 Å². The molecule has 0 saturated carbocycles. The van der Waals surface area contributed by atoms with Crippen LogP contribution in [0.4, 0.5) is 0 Å². The fourth-order valence-corrected chi connectivity index (χ4v) is 3.76. The van der Waals surface area contributed by atoms with E-state index in [0.29, 0.717) is 23.1 Å². The Morgan fingerprint density at radius 2 is 1.65 bits per heavy atom. The molecular weight excluding hydrogens is 296 g/mol. The summed E-state index contributed by atoms with van der Waals surface area (Å²) in [6, 6.07) is 0. The second-order valence-electron chi connectivity index (χ2n) is 5.18. The minimum absolute atomic E-state index is 0.308. The Labute approximate surface area is 125 Å². The molecule has 6 heteroatoms. The molecule has 2 aromatic heterocycles. The lowest BCUT2D eigenvalue weighted by Crippen LogP contribution is -2.23. The zero-order chi connectivity index (χ0) is 14.9. The molecule has 0 bridgehead atoms. The summed E-state index contributed by atoms with van der Waals surface area (Å²) in [4.78, 5) is 24.1. The van der Waals surface area contributed by atoms with Crippen molar-refractivity contribution < 1.29 is 19.1 Å². The number of carbonyl (C=O) groups is 2. The summed E-state index contributed by atoms with van der Waals surface area (Å²) in [5.41, 5.74) is 0.309.